The van der Waals surface area contributed by atoms with Crippen LogP contribution in [0.2, 0.25) is 0 Å². The zero-order chi connectivity index (χ0) is 27.7. The second-order valence-corrected chi connectivity index (χ2v) is 9.65. The van der Waals surface area contributed by atoms with Gasteiger partial charge in [0.2, 0.25) is 11.8 Å². The average molecular weight is 529 g/mol. The Labute approximate surface area is 222 Å². The Bertz CT molecular complexity index is 1100. The molecule has 1 fully saturated rings. The largest absolute Gasteiger partial charge is 0.454 e. The Morgan fingerprint density at radius 1 is 1.18 bits per heavy atom. The first-order chi connectivity index (χ1) is 18.1. The lowest BCUT2D eigenvalue weighted by Gasteiger charge is -2.28. The summed E-state index contributed by atoms with van der Waals surface area (Å²) in [5, 5.41) is 14.7. The first kappa shape index (κ1) is 28.6. The highest BCUT2D eigenvalue weighted by molar-refractivity contribution is 5.81. The summed E-state index contributed by atoms with van der Waals surface area (Å²) in [4.78, 5) is 48.9. The van der Waals surface area contributed by atoms with E-state index in [-0.39, 0.29) is 24.5 Å². The number of hydrogen-bond acceptors (Lipinski definition) is 10. The fraction of sp³-hybridized carbons (Fsp3) is 0.538. The van der Waals surface area contributed by atoms with E-state index in [4.69, 9.17) is 9.47 Å². The third-order valence-corrected chi connectivity index (χ3v) is 6.16. The standard InChI is InChI=1S/C26H36N6O6/c1-5-30(6-2)24-27-17-21(32(35)36)22(29-24)28-20(16-19-12-8-7-9-13-19)23(33)38-26(3,4)18-37-25(34)31-14-10-11-15-31/h7-9,12-13,17,20H,5-6,10-11,14-16,18H2,1-4H3,(H,27,28,29). The number of carbonyl (C=O) groups is 2. The van der Waals surface area contributed by atoms with Gasteiger partial charge in [-0.3, -0.25) is 10.1 Å². The minimum atomic E-state index is -1.13. The zero-order valence-electron chi connectivity index (χ0n) is 22.4. The third-order valence-electron chi connectivity index (χ3n) is 6.16. The second-order valence-electron chi connectivity index (χ2n) is 9.65. The van der Waals surface area contributed by atoms with Crippen LogP contribution in [0.4, 0.5) is 22.2 Å². The number of rotatable bonds is 12. The molecule has 0 aliphatic carbocycles. The molecule has 1 unspecified atom stereocenters. The van der Waals surface area contributed by atoms with Gasteiger partial charge in [-0.15, -0.1) is 0 Å². The Kier molecular flexibility index (Phi) is 9.80. The van der Waals surface area contributed by atoms with Crippen LogP contribution >= 0.6 is 0 Å². The van der Waals surface area contributed by atoms with Gasteiger partial charge in [-0.05, 0) is 46.1 Å². The van der Waals surface area contributed by atoms with Crippen molar-refractivity contribution < 1.29 is 24.0 Å². The molecule has 0 saturated carbocycles. The van der Waals surface area contributed by atoms with Gasteiger partial charge in [-0.25, -0.2) is 14.6 Å². The molecule has 1 aromatic carbocycles. The molecule has 1 saturated heterocycles. The van der Waals surface area contributed by atoms with Crippen molar-refractivity contribution in [3.05, 3.63) is 52.2 Å². The minimum Gasteiger partial charge on any atom is -0.454 e. The van der Waals surface area contributed by atoms with Gasteiger partial charge in [0.1, 0.15) is 24.4 Å². The molecular weight excluding hydrogens is 492 g/mol. The number of nitrogens with one attached hydrogen (secondary N) is 1. The monoisotopic (exact) mass is 528 g/mol. The summed E-state index contributed by atoms with van der Waals surface area (Å²) in [6, 6.07) is 8.22. The summed E-state index contributed by atoms with van der Waals surface area (Å²) < 4.78 is 11.2. The lowest BCUT2D eigenvalue weighted by Crippen LogP contribution is -2.43. The van der Waals surface area contributed by atoms with Gasteiger partial charge < -0.3 is 24.6 Å². The van der Waals surface area contributed by atoms with Crippen molar-refractivity contribution in [3.8, 4) is 0 Å². The zero-order valence-corrected chi connectivity index (χ0v) is 22.4. The van der Waals surface area contributed by atoms with Gasteiger partial charge in [-0.1, -0.05) is 30.3 Å². The van der Waals surface area contributed by atoms with Gasteiger partial charge in [-0.2, -0.15) is 4.98 Å². The van der Waals surface area contributed by atoms with Crippen molar-refractivity contribution in [1.82, 2.24) is 14.9 Å². The highest BCUT2D eigenvalue weighted by Gasteiger charge is 2.33. The van der Waals surface area contributed by atoms with Crippen molar-refractivity contribution in [3.63, 3.8) is 0 Å². The topological polar surface area (TPSA) is 140 Å². The third kappa shape index (κ3) is 7.77. The van der Waals surface area contributed by atoms with E-state index in [1.807, 2.05) is 49.1 Å². The summed E-state index contributed by atoms with van der Waals surface area (Å²) in [5.74, 6) is -0.430. The van der Waals surface area contributed by atoms with Crippen molar-refractivity contribution in [2.75, 3.05) is 43.0 Å². The fourth-order valence-corrected chi connectivity index (χ4v) is 4.07. The number of carbonyl (C=O) groups excluding carboxylic acids is 2. The molecule has 1 aliphatic rings. The smallest absolute Gasteiger partial charge is 0.409 e. The molecule has 1 N–H and O–H groups in total. The van der Waals surface area contributed by atoms with Gasteiger partial charge in [0, 0.05) is 32.6 Å². The molecule has 12 heteroatoms. The van der Waals surface area contributed by atoms with E-state index >= 15 is 0 Å². The molecule has 1 aromatic heterocycles. The second kappa shape index (κ2) is 13.0. The number of benzene rings is 1. The van der Waals surface area contributed by atoms with Crippen LogP contribution in [0.25, 0.3) is 0 Å². The Morgan fingerprint density at radius 3 is 2.45 bits per heavy atom. The number of aromatic nitrogens is 2. The molecule has 1 amide bonds. The van der Waals surface area contributed by atoms with Crippen LogP contribution in [-0.4, -0.2) is 76.3 Å². The quantitative estimate of drug-likeness (QED) is 0.246. The summed E-state index contributed by atoms with van der Waals surface area (Å²) >= 11 is 0. The van der Waals surface area contributed by atoms with Crippen molar-refractivity contribution in [2.24, 2.45) is 0 Å². The summed E-state index contributed by atoms with van der Waals surface area (Å²) in [5.41, 5.74) is -0.668. The van der Waals surface area contributed by atoms with Gasteiger partial charge in [0.25, 0.3) is 0 Å². The molecule has 0 bridgehead atoms. The predicted molar refractivity (Wildman–Crippen MR) is 142 cm³/mol. The van der Waals surface area contributed by atoms with Crippen molar-refractivity contribution >= 4 is 29.5 Å². The van der Waals surface area contributed by atoms with Crippen molar-refractivity contribution in [1.29, 1.82) is 0 Å². The number of anilines is 2. The maximum Gasteiger partial charge on any atom is 0.409 e. The highest BCUT2D eigenvalue weighted by Crippen LogP contribution is 2.26. The van der Waals surface area contributed by atoms with Crippen LogP contribution < -0.4 is 10.2 Å². The Balaban J connectivity index is 1.82. The number of ether oxygens (including phenoxy) is 2. The van der Waals surface area contributed by atoms with Crippen LogP contribution in [0.5, 0.6) is 0 Å². The lowest BCUT2D eigenvalue weighted by molar-refractivity contribution is -0.384. The molecular formula is C26H36N6O6. The predicted octanol–water partition coefficient (Wildman–Crippen LogP) is 3.81. The molecule has 206 valence electrons. The normalized spacial score (nSPS) is 14.1. The van der Waals surface area contributed by atoms with Crippen LogP contribution in [0.3, 0.4) is 0 Å². The molecule has 2 heterocycles. The molecule has 1 aliphatic heterocycles. The van der Waals surface area contributed by atoms with E-state index in [0.717, 1.165) is 24.6 Å². The number of esters is 1. The average Bonchev–Trinajstić information content (AvgIpc) is 3.43. The molecule has 0 radical (unpaired) electrons. The lowest BCUT2D eigenvalue weighted by atomic mass is 10.1. The maximum atomic E-state index is 13.4. The molecule has 2 aromatic rings. The van der Waals surface area contributed by atoms with E-state index in [0.29, 0.717) is 32.1 Å². The summed E-state index contributed by atoms with van der Waals surface area (Å²) in [6.07, 6.45) is 2.75. The van der Waals surface area contributed by atoms with Crippen molar-refractivity contribution in [2.45, 2.75) is 58.6 Å². The van der Waals surface area contributed by atoms with E-state index in [1.165, 1.54) is 0 Å². The minimum absolute atomic E-state index is 0.0805. The number of nitrogens with zero attached hydrogens (tertiary/aromatic N) is 5. The van der Waals surface area contributed by atoms with Crippen LogP contribution in [0.1, 0.15) is 46.1 Å². The van der Waals surface area contributed by atoms with Gasteiger partial charge in [0.05, 0.1) is 4.92 Å². The SMILES string of the molecule is CCN(CC)c1ncc([N+](=O)[O-])c(NC(Cc2ccccc2)C(=O)OC(C)(C)COC(=O)N2CCCC2)n1. The first-order valence-corrected chi connectivity index (χ1v) is 12.8. The molecule has 0 spiro atoms. The first-order valence-electron chi connectivity index (χ1n) is 12.8. The van der Waals surface area contributed by atoms with E-state index in [1.54, 1.807) is 18.7 Å². The fourth-order valence-electron chi connectivity index (χ4n) is 4.07. The van der Waals surface area contributed by atoms with Crippen LogP contribution in [0.15, 0.2) is 36.5 Å². The number of amides is 1. The van der Waals surface area contributed by atoms with E-state index in [2.05, 4.69) is 15.3 Å². The Morgan fingerprint density at radius 2 is 1.84 bits per heavy atom. The summed E-state index contributed by atoms with van der Waals surface area (Å²) in [7, 11) is 0. The molecule has 12 nitrogen and oxygen atoms in total. The Hall–Kier alpha value is -3.96. The molecule has 1 atom stereocenters. The molecule has 38 heavy (non-hydrogen) atoms. The number of likely N-dealkylation sites (tertiary alicyclic amines) is 1. The summed E-state index contributed by atoms with van der Waals surface area (Å²) in [6.45, 7) is 9.52. The van der Waals surface area contributed by atoms with Gasteiger partial charge >= 0.3 is 17.7 Å². The number of nitro groups is 1. The van der Waals surface area contributed by atoms with E-state index < -0.39 is 28.6 Å². The number of hydrogen-bond donors (Lipinski definition) is 1. The molecule has 3 rings (SSSR count). The van der Waals surface area contributed by atoms with Gasteiger partial charge in [0.15, 0.2) is 0 Å². The highest BCUT2D eigenvalue weighted by atomic mass is 16.6. The maximum absolute atomic E-state index is 13.4. The van der Waals surface area contributed by atoms with Crippen LogP contribution in [-0.2, 0) is 20.7 Å². The van der Waals surface area contributed by atoms with Crippen LogP contribution in [0, 0.1) is 10.1 Å². The van der Waals surface area contributed by atoms with E-state index in [9.17, 15) is 19.7 Å².